The molecule has 2 aromatic rings. The fourth-order valence-electron chi connectivity index (χ4n) is 2.77. The Hall–Kier alpha value is -3.02. The molecule has 0 radical (unpaired) electrons. The molecule has 2 N–H and O–H groups in total. The molecule has 0 unspecified atom stereocenters. The first-order valence-electron chi connectivity index (χ1n) is 8.40. The number of nitrogens with one attached hydrogen (secondary N) is 2. The van der Waals surface area contributed by atoms with E-state index >= 15 is 0 Å². The van der Waals surface area contributed by atoms with Gasteiger partial charge < -0.3 is 20.1 Å². The summed E-state index contributed by atoms with van der Waals surface area (Å²) >= 11 is 0. The van der Waals surface area contributed by atoms with E-state index in [0.717, 1.165) is 5.56 Å². The van der Waals surface area contributed by atoms with Gasteiger partial charge in [-0.25, -0.2) is 0 Å². The Morgan fingerprint density at radius 1 is 0.923 bits per heavy atom. The van der Waals surface area contributed by atoms with Crippen molar-refractivity contribution < 1.29 is 19.1 Å². The van der Waals surface area contributed by atoms with Crippen LogP contribution < -0.4 is 20.1 Å². The van der Waals surface area contributed by atoms with Crippen LogP contribution in [0.3, 0.4) is 0 Å². The third-order valence-corrected chi connectivity index (χ3v) is 4.57. The van der Waals surface area contributed by atoms with Crippen LogP contribution in [-0.4, -0.2) is 26.0 Å². The molecule has 1 aliphatic rings. The van der Waals surface area contributed by atoms with Gasteiger partial charge in [0.1, 0.15) is 16.9 Å². The van der Waals surface area contributed by atoms with Gasteiger partial charge in [0.2, 0.25) is 11.8 Å². The summed E-state index contributed by atoms with van der Waals surface area (Å²) in [6.45, 7) is 1.93. The Balaban J connectivity index is 1.72. The number of amides is 2. The minimum Gasteiger partial charge on any atom is -0.497 e. The molecule has 3 rings (SSSR count). The van der Waals surface area contributed by atoms with Crippen LogP contribution in [0.5, 0.6) is 11.5 Å². The van der Waals surface area contributed by atoms with Crippen molar-refractivity contribution in [3.63, 3.8) is 0 Å². The quantitative estimate of drug-likeness (QED) is 0.780. The van der Waals surface area contributed by atoms with Crippen molar-refractivity contribution in [2.45, 2.75) is 19.8 Å². The van der Waals surface area contributed by atoms with E-state index in [4.69, 9.17) is 9.47 Å². The molecule has 0 aliphatic heterocycles. The van der Waals surface area contributed by atoms with Crippen molar-refractivity contribution in [2.24, 2.45) is 5.41 Å². The van der Waals surface area contributed by atoms with Crippen LogP contribution in [0.15, 0.2) is 42.5 Å². The Kier molecular flexibility index (Phi) is 4.84. The summed E-state index contributed by atoms with van der Waals surface area (Å²) in [5, 5.41) is 5.66. The zero-order chi connectivity index (χ0) is 18.7. The standard InChI is InChI=1S/C20H22N2O4/c1-13-4-9-17(26-3)16(12-13)22-19(24)20(10-11-20)18(23)21-14-5-7-15(25-2)8-6-14/h4-9,12H,10-11H2,1-3H3,(H,21,23)(H,22,24). The number of hydrogen-bond acceptors (Lipinski definition) is 4. The molecule has 136 valence electrons. The number of benzene rings is 2. The Morgan fingerprint density at radius 2 is 1.58 bits per heavy atom. The fraction of sp³-hybridized carbons (Fsp3) is 0.300. The molecule has 0 aromatic heterocycles. The van der Waals surface area contributed by atoms with Gasteiger partial charge in [-0.2, -0.15) is 0 Å². The summed E-state index contributed by atoms with van der Waals surface area (Å²) in [5.41, 5.74) is 1.16. The van der Waals surface area contributed by atoms with E-state index in [1.54, 1.807) is 44.6 Å². The normalized spacial score (nSPS) is 14.3. The molecule has 0 saturated heterocycles. The molecule has 26 heavy (non-hydrogen) atoms. The summed E-state index contributed by atoms with van der Waals surface area (Å²) in [7, 11) is 3.13. The molecule has 6 nitrogen and oxygen atoms in total. The van der Waals surface area contributed by atoms with Gasteiger partial charge in [-0.3, -0.25) is 9.59 Å². The monoisotopic (exact) mass is 354 g/mol. The van der Waals surface area contributed by atoms with Gasteiger partial charge in [0, 0.05) is 5.69 Å². The zero-order valence-electron chi connectivity index (χ0n) is 15.1. The summed E-state index contributed by atoms with van der Waals surface area (Å²) < 4.78 is 10.4. The van der Waals surface area contributed by atoms with Crippen LogP contribution in [0.2, 0.25) is 0 Å². The second kappa shape index (κ2) is 7.07. The minimum absolute atomic E-state index is 0.299. The van der Waals surface area contributed by atoms with Crippen molar-refractivity contribution in [3.8, 4) is 11.5 Å². The first-order valence-corrected chi connectivity index (χ1v) is 8.40. The Labute approximate surface area is 152 Å². The van der Waals surface area contributed by atoms with Crippen LogP contribution in [0, 0.1) is 12.3 Å². The molecule has 1 fully saturated rings. The highest BCUT2D eigenvalue weighted by Gasteiger charge is 2.56. The average Bonchev–Trinajstić information content (AvgIpc) is 3.45. The third-order valence-electron chi connectivity index (χ3n) is 4.57. The van der Waals surface area contributed by atoms with Gasteiger partial charge >= 0.3 is 0 Å². The lowest BCUT2D eigenvalue weighted by molar-refractivity contribution is -0.131. The first-order chi connectivity index (χ1) is 12.5. The van der Waals surface area contributed by atoms with Crippen LogP contribution >= 0.6 is 0 Å². The number of methoxy groups -OCH3 is 2. The van der Waals surface area contributed by atoms with Crippen molar-refractivity contribution >= 4 is 23.2 Å². The highest BCUT2D eigenvalue weighted by Crippen LogP contribution is 2.48. The van der Waals surface area contributed by atoms with Gasteiger partial charge in [0.05, 0.1) is 19.9 Å². The second-order valence-corrected chi connectivity index (χ2v) is 6.42. The SMILES string of the molecule is COc1ccc(NC(=O)C2(C(=O)Nc3cc(C)ccc3OC)CC2)cc1. The minimum atomic E-state index is -1.03. The van der Waals surface area contributed by atoms with Crippen molar-refractivity contribution in [1.29, 1.82) is 0 Å². The maximum absolute atomic E-state index is 12.8. The predicted molar refractivity (Wildman–Crippen MR) is 99.7 cm³/mol. The molecule has 0 bridgehead atoms. The number of ether oxygens (including phenoxy) is 2. The number of carbonyl (C=O) groups is 2. The number of hydrogen-bond donors (Lipinski definition) is 2. The van der Waals surface area contributed by atoms with E-state index in [-0.39, 0.29) is 11.8 Å². The van der Waals surface area contributed by atoms with Crippen molar-refractivity contribution in [2.75, 3.05) is 24.9 Å². The van der Waals surface area contributed by atoms with E-state index in [2.05, 4.69) is 10.6 Å². The van der Waals surface area contributed by atoms with E-state index in [1.807, 2.05) is 19.1 Å². The molecule has 2 amide bonds. The van der Waals surface area contributed by atoms with Crippen LogP contribution in [0.25, 0.3) is 0 Å². The average molecular weight is 354 g/mol. The number of aryl methyl sites for hydroxylation is 1. The Morgan fingerprint density at radius 3 is 2.15 bits per heavy atom. The van der Waals surface area contributed by atoms with E-state index < -0.39 is 5.41 Å². The number of carbonyl (C=O) groups excluding carboxylic acids is 2. The highest BCUT2D eigenvalue weighted by molar-refractivity contribution is 6.17. The summed E-state index contributed by atoms with van der Waals surface area (Å²) in [6.07, 6.45) is 1.05. The lowest BCUT2D eigenvalue weighted by Crippen LogP contribution is -2.35. The van der Waals surface area contributed by atoms with E-state index in [1.165, 1.54) is 0 Å². The second-order valence-electron chi connectivity index (χ2n) is 6.42. The largest absolute Gasteiger partial charge is 0.497 e. The number of anilines is 2. The number of rotatable bonds is 6. The summed E-state index contributed by atoms with van der Waals surface area (Å²) in [4.78, 5) is 25.4. The van der Waals surface area contributed by atoms with Crippen molar-refractivity contribution in [1.82, 2.24) is 0 Å². The fourth-order valence-corrected chi connectivity index (χ4v) is 2.77. The predicted octanol–water partition coefficient (Wildman–Crippen LogP) is 3.37. The first kappa shape index (κ1) is 17.8. The lowest BCUT2D eigenvalue weighted by atomic mass is 10.0. The smallest absolute Gasteiger partial charge is 0.240 e. The summed E-state index contributed by atoms with van der Waals surface area (Å²) in [6, 6.07) is 12.5. The zero-order valence-corrected chi connectivity index (χ0v) is 15.1. The molecule has 0 atom stereocenters. The molecule has 1 saturated carbocycles. The van der Waals surface area contributed by atoms with Gasteiger partial charge in [0.15, 0.2) is 0 Å². The lowest BCUT2D eigenvalue weighted by Gasteiger charge is -2.17. The molecular formula is C20H22N2O4. The van der Waals surface area contributed by atoms with Gasteiger partial charge in [0.25, 0.3) is 0 Å². The van der Waals surface area contributed by atoms with E-state index in [0.29, 0.717) is 35.7 Å². The van der Waals surface area contributed by atoms with Gasteiger partial charge in [-0.15, -0.1) is 0 Å². The third kappa shape index (κ3) is 3.49. The molecule has 6 heteroatoms. The molecule has 1 aliphatic carbocycles. The molecular weight excluding hydrogens is 332 g/mol. The highest BCUT2D eigenvalue weighted by atomic mass is 16.5. The molecule has 0 spiro atoms. The molecule has 0 heterocycles. The van der Waals surface area contributed by atoms with Crippen molar-refractivity contribution in [3.05, 3.63) is 48.0 Å². The van der Waals surface area contributed by atoms with Crippen LogP contribution in [0.1, 0.15) is 18.4 Å². The van der Waals surface area contributed by atoms with Crippen LogP contribution in [0.4, 0.5) is 11.4 Å². The summed E-state index contributed by atoms with van der Waals surface area (Å²) in [5.74, 6) is 0.655. The van der Waals surface area contributed by atoms with Gasteiger partial charge in [-0.05, 0) is 61.7 Å². The topological polar surface area (TPSA) is 76.7 Å². The maximum Gasteiger partial charge on any atom is 0.240 e. The Bertz CT molecular complexity index is 826. The molecule has 2 aromatic carbocycles. The maximum atomic E-state index is 12.8. The van der Waals surface area contributed by atoms with Crippen LogP contribution in [-0.2, 0) is 9.59 Å². The van der Waals surface area contributed by atoms with Gasteiger partial charge in [-0.1, -0.05) is 6.07 Å². The van der Waals surface area contributed by atoms with E-state index in [9.17, 15) is 9.59 Å².